The number of hydrogen-bond donors (Lipinski definition) is 1. The van der Waals surface area contributed by atoms with E-state index in [0.29, 0.717) is 10.3 Å². The smallest absolute Gasteiger partial charge is 0.237 e. The van der Waals surface area contributed by atoms with Crippen LogP contribution in [0.15, 0.2) is 35.5 Å². The van der Waals surface area contributed by atoms with Crippen molar-refractivity contribution in [2.75, 3.05) is 5.32 Å². The normalized spacial score (nSPS) is 12.3. The molecule has 0 saturated heterocycles. The standard InChI is InChI=1S/C19H20ClN3OS2/c1-4-5-14-10-15-16(20)22-19(23-18(15)26-14)25-12(3)17(24)21-13-8-6-11(2)7-9-13/h6-10,12H,4-5H2,1-3H3,(H,21,24). The summed E-state index contributed by atoms with van der Waals surface area (Å²) >= 11 is 9.28. The van der Waals surface area contributed by atoms with Gasteiger partial charge in [0.1, 0.15) is 9.98 Å². The SMILES string of the molecule is CCCc1cc2c(Cl)nc(SC(C)C(=O)Nc3ccc(C)cc3)nc2s1. The lowest BCUT2D eigenvalue weighted by molar-refractivity contribution is -0.115. The van der Waals surface area contributed by atoms with Gasteiger partial charge in [-0.1, -0.05) is 54.4 Å². The number of nitrogens with one attached hydrogen (secondary N) is 1. The maximum absolute atomic E-state index is 12.4. The molecular formula is C19H20ClN3OS2. The number of rotatable bonds is 6. The van der Waals surface area contributed by atoms with Gasteiger partial charge >= 0.3 is 0 Å². The Kier molecular flexibility index (Phi) is 6.16. The second-order valence-corrected chi connectivity index (χ2v) is 8.88. The van der Waals surface area contributed by atoms with Crippen LogP contribution in [0, 0.1) is 6.92 Å². The number of nitrogens with zero attached hydrogens (tertiary/aromatic N) is 2. The van der Waals surface area contributed by atoms with Gasteiger partial charge in [-0.15, -0.1) is 11.3 Å². The number of thiophene rings is 1. The maximum atomic E-state index is 12.4. The molecule has 0 aliphatic heterocycles. The molecule has 0 aliphatic rings. The lowest BCUT2D eigenvalue weighted by Gasteiger charge is -2.11. The van der Waals surface area contributed by atoms with Gasteiger partial charge in [-0.3, -0.25) is 4.79 Å². The highest BCUT2D eigenvalue weighted by molar-refractivity contribution is 8.00. The van der Waals surface area contributed by atoms with Crippen LogP contribution in [0.5, 0.6) is 0 Å². The molecule has 0 bridgehead atoms. The number of hydrogen-bond acceptors (Lipinski definition) is 5. The molecule has 7 heteroatoms. The van der Waals surface area contributed by atoms with Crippen molar-refractivity contribution >= 4 is 56.5 Å². The van der Waals surface area contributed by atoms with Crippen LogP contribution in [0.1, 0.15) is 30.7 Å². The van der Waals surface area contributed by atoms with E-state index in [4.69, 9.17) is 11.6 Å². The Morgan fingerprint density at radius 2 is 2.04 bits per heavy atom. The Bertz CT molecular complexity index is 924. The van der Waals surface area contributed by atoms with Gasteiger partial charge in [0.2, 0.25) is 5.91 Å². The van der Waals surface area contributed by atoms with Crippen molar-refractivity contribution < 1.29 is 4.79 Å². The van der Waals surface area contributed by atoms with Gasteiger partial charge in [0.25, 0.3) is 0 Å². The van der Waals surface area contributed by atoms with Crippen molar-refractivity contribution in [2.24, 2.45) is 0 Å². The van der Waals surface area contributed by atoms with Crippen LogP contribution in [0.4, 0.5) is 5.69 Å². The van der Waals surface area contributed by atoms with E-state index in [0.717, 1.165) is 34.3 Å². The second-order valence-electron chi connectivity index (χ2n) is 6.09. The molecule has 1 aromatic carbocycles. The summed E-state index contributed by atoms with van der Waals surface area (Å²) in [7, 11) is 0. The van der Waals surface area contributed by atoms with Crippen molar-refractivity contribution in [3.05, 3.63) is 45.9 Å². The molecule has 4 nitrogen and oxygen atoms in total. The van der Waals surface area contributed by atoms with Crippen LogP contribution < -0.4 is 5.32 Å². The number of aromatic nitrogens is 2. The van der Waals surface area contributed by atoms with Gasteiger partial charge in [-0.2, -0.15) is 0 Å². The highest BCUT2D eigenvalue weighted by atomic mass is 35.5. The first-order valence-corrected chi connectivity index (χ1v) is 10.5. The number of thioether (sulfide) groups is 1. The summed E-state index contributed by atoms with van der Waals surface area (Å²) in [6, 6.07) is 9.79. The molecule has 2 aromatic heterocycles. The average Bonchev–Trinajstić information content (AvgIpc) is 3.00. The molecule has 0 saturated carbocycles. The van der Waals surface area contributed by atoms with E-state index in [1.807, 2.05) is 38.1 Å². The van der Waals surface area contributed by atoms with Gasteiger partial charge in [-0.05, 0) is 38.5 Å². The molecule has 0 radical (unpaired) electrons. The molecule has 1 atom stereocenters. The molecule has 136 valence electrons. The quantitative estimate of drug-likeness (QED) is 0.323. The van der Waals surface area contributed by atoms with E-state index in [9.17, 15) is 4.79 Å². The minimum absolute atomic E-state index is 0.0866. The number of halogens is 1. The Hall–Kier alpha value is -1.63. The Morgan fingerprint density at radius 3 is 2.73 bits per heavy atom. The summed E-state index contributed by atoms with van der Waals surface area (Å²) in [5.41, 5.74) is 1.94. The Balaban J connectivity index is 1.72. The molecule has 1 unspecified atom stereocenters. The summed E-state index contributed by atoms with van der Waals surface area (Å²) in [6.45, 7) is 6.00. The van der Waals surface area contributed by atoms with Gasteiger partial charge in [-0.25, -0.2) is 9.97 Å². The van der Waals surface area contributed by atoms with Gasteiger partial charge in [0, 0.05) is 16.0 Å². The van der Waals surface area contributed by atoms with E-state index in [1.165, 1.54) is 16.6 Å². The topological polar surface area (TPSA) is 54.9 Å². The first-order valence-electron chi connectivity index (χ1n) is 8.46. The highest BCUT2D eigenvalue weighted by Crippen LogP contribution is 2.32. The lowest BCUT2D eigenvalue weighted by atomic mass is 10.2. The molecular weight excluding hydrogens is 386 g/mol. The van der Waals surface area contributed by atoms with Crippen molar-refractivity contribution in [3.63, 3.8) is 0 Å². The Morgan fingerprint density at radius 1 is 1.31 bits per heavy atom. The lowest BCUT2D eigenvalue weighted by Crippen LogP contribution is -2.22. The first kappa shape index (κ1) is 19.1. The van der Waals surface area contributed by atoms with Gasteiger partial charge in [0.15, 0.2) is 5.16 Å². The fraction of sp³-hybridized carbons (Fsp3) is 0.316. The number of fused-ring (bicyclic) bond motifs is 1. The summed E-state index contributed by atoms with van der Waals surface area (Å²) in [6.07, 6.45) is 2.09. The predicted octanol–water partition coefficient (Wildman–Crippen LogP) is 5.72. The number of carbonyl (C=O) groups is 1. The van der Waals surface area contributed by atoms with Crippen LogP contribution in [0.25, 0.3) is 10.2 Å². The molecule has 0 fully saturated rings. The average molecular weight is 406 g/mol. The van der Waals surface area contributed by atoms with Crippen LogP contribution >= 0.6 is 34.7 Å². The molecule has 1 amide bonds. The number of aryl methyl sites for hydroxylation is 2. The van der Waals surface area contributed by atoms with Gasteiger partial charge < -0.3 is 5.32 Å². The largest absolute Gasteiger partial charge is 0.325 e. The summed E-state index contributed by atoms with van der Waals surface area (Å²) in [5, 5.41) is 4.45. The molecule has 26 heavy (non-hydrogen) atoms. The third-order valence-corrected chi connectivity index (χ3v) is 6.18. The van der Waals surface area contributed by atoms with Crippen molar-refractivity contribution in [2.45, 2.75) is 44.0 Å². The number of benzene rings is 1. The molecule has 2 heterocycles. The maximum Gasteiger partial charge on any atom is 0.237 e. The number of anilines is 1. The predicted molar refractivity (Wildman–Crippen MR) is 112 cm³/mol. The molecule has 0 aliphatic carbocycles. The van der Waals surface area contributed by atoms with E-state index in [-0.39, 0.29) is 11.2 Å². The summed E-state index contributed by atoms with van der Waals surface area (Å²) in [4.78, 5) is 23.5. The van der Waals surface area contributed by atoms with E-state index in [1.54, 1.807) is 11.3 Å². The van der Waals surface area contributed by atoms with E-state index < -0.39 is 0 Å². The van der Waals surface area contributed by atoms with Crippen LogP contribution in [-0.2, 0) is 11.2 Å². The highest BCUT2D eigenvalue weighted by Gasteiger charge is 2.18. The zero-order chi connectivity index (χ0) is 18.7. The molecule has 1 N–H and O–H groups in total. The summed E-state index contributed by atoms with van der Waals surface area (Å²) < 4.78 is 0. The number of amides is 1. The van der Waals surface area contributed by atoms with Crippen LogP contribution in [-0.4, -0.2) is 21.1 Å². The fourth-order valence-corrected chi connectivity index (χ4v) is 4.72. The number of carbonyl (C=O) groups excluding carboxylic acids is 1. The van der Waals surface area contributed by atoms with E-state index >= 15 is 0 Å². The third kappa shape index (κ3) is 4.55. The Labute approximate surface area is 166 Å². The fourth-order valence-electron chi connectivity index (χ4n) is 2.43. The first-order chi connectivity index (χ1) is 12.5. The van der Waals surface area contributed by atoms with E-state index in [2.05, 4.69) is 28.3 Å². The van der Waals surface area contributed by atoms with Crippen LogP contribution in [0.2, 0.25) is 5.15 Å². The van der Waals surface area contributed by atoms with Crippen molar-refractivity contribution in [1.82, 2.24) is 9.97 Å². The third-order valence-electron chi connectivity index (χ3n) is 3.84. The van der Waals surface area contributed by atoms with Crippen LogP contribution in [0.3, 0.4) is 0 Å². The minimum atomic E-state index is -0.333. The zero-order valence-electron chi connectivity index (χ0n) is 14.9. The summed E-state index contributed by atoms with van der Waals surface area (Å²) in [5.74, 6) is -0.0866. The van der Waals surface area contributed by atoms with Crippen molar-refractivity contribution in [3.8, 4) is 0 Å². The molecule has 3 aromatic rings. The minimum Gasteiger partial charge on any atom is -0.325 e. The zero-order valence-corrected chi connectivity index (χ0v) is 17.3. The monoisotopic (exact) mass is 405 g/mol. The molecule has 3 rings (SSSR count). The van der Waals surface area contributed by atoms with Gasteiger partial charge in [0.05, 0.1) is 5.25 Å². The second kappa shape index (κ2) is 8.37. The molecule has 0 spiro atoms. The van der Waals surface area contributed by atoms with Crippen molar-refractivity contribution in [1.29, 1.82) is 0 Å².